The standard InChI is InChI=1S/C14H28O2/c1-8-9-16-12(15)14(7,11(2)3)10-13(4,5)6/h11H,8-10H2,1-7H3. The Morgan fingerprint density at radius 1 is 1.19 bits per heavy atom. The second-order valence-corrected chi connectivity index (χ2v) is 6.45. The number of carbonyl (C=O) groups is 1. The molecule has 2 heteroatoms. The third kappa shape index (κ3) is 4.54. The molecule has 0 rings (SSSR count). The van der Waals surface area contributed by atoms with Gasteiger partial charge >= 0.3 is 5.97 Å². The Morgan fingerprint density at radius 3 is 2.00 bits per heavy atom. The van der Waals surface area contributed by atoms with E-state index in [1.807, 2.05) is 13.8 Å². The molecular weight excluding hydrogens is 200 g/mol. The van der Waals surface area contributed by atoms with E-state index in [2.05, 4.69) is 34.6 Å². The minimum Gasteiger partial charge on any atom is -0.465 e. The largest absolute Gasteiger partial charge is 0.465 e. The van der Waals surface area contributed by atoms with Crippen LogP contribution in [0.5, 0.6) is 0 Å². The summed E-state index contributed by atoms with van der Waals surface area (Å²) in [5, 5.41) is 0. The smallest absolute Gasteiger partial charge is 0.312 e. The van der Waals surface area contributed by atoms with E-state index < -0.39 is 0 Å². The zero-order valence-electron chi connectivity index (χ0n) is 12.0. The van der Waals surface area contributed by atoms with Crippen molar-refractivity contribution in [1.29, 1.82) is 0 Å². The van der Waals surface area contributed by atoms with Gasteiger partial charge in [0.2, 0.25) is 0 Å². The topological polar surface area (TPSA) is 26.3 Å². The van der Waals surface area contributed by atoms with Crippen molar-refractivity contribution in [3.63, 3.8) is 0 Å². The van der Waals surface area contributed by atoms with Crippen molar-refractivity contribution in [2.24, 2.45) is 16.7 Å². The molecule has 0 fully saturated rings. The summed E-state index contributed by atoms with van der Waals surface area (Å²) in [7, 11) is 0. The van der Waals surface area contributed by atoms with Crippen LogP contribution in [-0.4, -0.2) is 12.6 Å². The lowest BCUT2D eigenvalue weighted by Gasteiger charge is -2.36. The van der Waals surface area contributed by atoms with E-state index in [4.69, 9.17) is 4.74 Å². The predicted molar refractivity (Wildman–Crippen MR) is 68.3 cm³/mol. The summed E-state index contributed by atoms with van der Waals surface area (Å²) in [5.74, 6) is 0.260. The molecule has 0 N–H and O–H groups in total. The van der Waals surface area contributed by atoms with Gasteiger partial charge in [0, 0.05) is 0 Å². The predicted octanol–water partition coefficient (Wildman–Crippen LogP) is 4.04. The number of hydrogen-bond acceptors (Lipinski definition) is 2. The van der Waals surface area contributed by atoms with Crippen LogP contribution in [0.4, 0.5) is 0 Å². The zero-order valence-corrected chi connectivity index (χ0v) is 12.0. The number of hydrogen-bond donors (Lipinski definition) is 0. The van der Waals surface area contributed by atoms with Gasteiger partial charge in [0.05, 0.1) is 12.0 Å². The maximum absolute atomic E-state index is 12.1. The monoisotopic (exact) mass is 228 g/mol. The second kappa shape index (κ2) is 5.70. The van der Waals surface area contributed by atoms with Gasteiger partial charge in [-0.1, -0.05) is 41.5 Å². The number of carbonyl (C=O) groups excluding carboxylic acids is 1. The molecule has 0 saturated carbocycles. The van der Waals surface area contributed by atoms with Gasteiger partial charge in [0.1, 0.15) is 0 Å². The SMILES string of the molecule is CCCOC(=O)C(C)(CC(C)(C)C)C(C)C. The molecule has 0 radical (unpaired) electrons. The van der Waals surface area contributed by atoms with E-state index in [0.29, 0.717) is 12.5 Å². The Balaban J connectivity index is 4.75. The van der Waals surface area contributed by atoms with E-state index >= 15 is 0 Å². The Hall–Kier alpha value is -0.530. The summed E-state index contributed by atoms with van der Waals surface area (Å²) in [6.07, 6.45) is 1.75. The van der Waals surface area contributed by atoms with Crippen LogP contribution < -0.4 is 0 Å². The molecule has 0 aliphatic carbocycles. The average Bonchev–Trinajstić information content (AvgIpc) is 2.10. The summed E-state index contributed by atoms with van der Waals surface area (Å²) >= 11 is 0. The first kappa shape index (κ1) is 15.5. The first-order valence-corrected chi connectivity index (χ1v) is 6.30. The summed E-state index contributed by atoms with van der Waals surface area (Å²) in [6, 6.07) is 0. The lowest BCUT2D eigenvalue weighted by Crippen LogP contribution is -2.38. The van der Waals surface area contributed by atoms with Crippen LogP contribution in [0.2, 0.25) is 0 Å². The fourth-order valence-electron chi connectivity index (χ4n) is 1.97. The van der Waals surface area contributed by atoms with Gasteiger partial charge < -0.3 is 4.74 Å². The highest BCUT2D eigenvalue weighted by Gasteiger charge is 2.41. The molecule has 0 amide bonds. The minimum atomic E-state index is -0.368. The number of rotatable bonds is 5. The highest BCUT2D eigenvalue weighted by atomic mass is 16.5. The van der Waals surface area contributed by atoms with Crippen molar-refractivity contribution in [2.45, 2.75) is 61.3 Å². The van der Waals surface area contributed by atoms with Crippen molar-refractivity contribution < 1.29 is 9.53 Å². The molecule has 16 heavy (non-hydrogen) atoms. The molecule has 96 valence electrons. The van der Waals surface area contributed by atoms with Crippen LogP contribution in [0.1, 0.15) is 61.3 Å². The van der Waals surface area contributed by atoms with Crippen LogP contribution in [0.3, 0.4) is 0 Å². The van der Waals surface area contributed by atoms with Gasteiger partial charge in [-0.05, 0) is 31.1 Å². The molecule has 0 saturated heterocycles. The van der Waals surface area contributed by atoms with E-state index in [1.165, 1.54) is 0 Å². The molecular formula is C14H28O2. The maximum atomic E-state index is 12.1. The van der Waals surface area contributed by atoms with Gasteiger partial charge in [0.15, 0.2) is 0 Å². The average molecular weight is 228 g/mol. The van der Waals surface area contributed by atoms with E-state index in [9.17, 15) is 4.79 Å². The molecule has 0 spiro atoms. The van der Waals surface area contributed by atoms with Gasteiger partial charge in [-0.15, -0.1) is 0 Å². The van der Waals surface area contributed by atoms with Crippen molar-refractivity contribution in [2.75, 3.05) is 6.61 Å². The highest BCUT2D eigenvalue weighted by Crippen LogP contribution is 2.40. The number of ether oxygens (including phenoxy) is 1. The second-order valence-electron chi connectivity index (χ2n) is 6.45. The van der Waals surface area contributed by atoms with Crippen LogP contribution in [0, 0.1) is 16.7 Å². The maximum Gasteiger partial charge on any atom is 0.312 e. The Kier molecular flexibility index (Phi) is 5.51. The zero-order chi connectivity index (χ0) is 13.0. The van der Waals surface area contributed by atoms with Gasteiger partial charge in [0.25, 0.3) is 0 Å². The third-order valence-electron chi connectivity index (χ3n) is 3.08. The van der Waals surface area contributed by atoms with Crippen molar-refractivity contribution in [3.8, 4) is 0 Å². The fourth-order valence-corrected chi connectivity index (χ4v) is 1.97. The minimum absolute atomic E-state index is 0.0423. The van der Waals surface area contributed by atoms with E-state index in [1.54, 1.807) is 0 Å². The summed E-state index contributed by atoms with van der Waals surface area (Å²) in [6.45, 7) is 15.3. The first-order valence-electron chi connectivity index (χ1n) is 6.30. The Labute approximate surface area is 101 Å². The molecule has 0 bridgehead atoms. The molecule has 2 nitrogen and oxygen atoms in total. The molecule has 0 aromatic heterocycles. The van der Waals surface area contributed by atoms with Crippen LogP contribution in [0.25, 0.3) is 0 Å². The molecule has 0 aromatic rings. The third-order valence-corrected chi connectivity index (χ3v) is 3.08. The molecule has 0 aliphatic rings. The van der Waals surface area contributed by atoms with Crippen molar-refractivity contribution in [3.05, 3.63) is 0 Å². The van der Waals surface area contributed by atoms with Gasteiger partial charge in [-0.25, -0.2) is 0 Å². The Bertz CT molecular complexity index is 225. The van der Waals surface area contributed by atoms with Crippen molar-refractivity contribution in [1.82, 2.24) is 0 Å². The highest BCUT2D eigenvalue weighted by molar-refractivity contribution is 5.76. The van der Waals surface area contributed by atoms with Crippen molar-refractivity contribution >= 4 is 5.97 Å². The molecule has 0 aromatic carbocycles. The molecule has 1 unspecified atom stereocenters. The fraction of sp³-hybridized carbons (Fsp3) is 0.929. The first-order chi connectivity index (χ1) is 7.13. The molecule has 1 atom stereocenters. The molecule has 0 heterocycles. The quantitative estimate of drug-likeness (QED) is 0.664. The van der Waals surface area contributed by atoms with Crippen LogP contribution >= 0.6 is 0 Å². The van der Waals surface area contributed by atoms with Crippen LogP contribution in [0.15, 0.2) is 0 Å². The van der Waals surface area contributed by atoms with Gasteiger partial charge in [-0.3, -0.25) is 4.79 Å². The molecule has 0 aliphatic heterocycles. The summed E-state index contributed by atoms with van der Waals surface area (Å²) in [4.78, 5) is 12.1. The van der Waals surface area contributed by atoms with Crippen LogP contribution in [-0.2, 0) is 9.53 Å². The summed E-state index contributed by atoms with van der Waals surface area (Å²) < 4.78 is 5.32. The normalized spacial score (nSPS) is 16.0. The number of esters is 1. The van der Waals surface area contributed by atoms with Gasteiger partial charge in [-0.2, -0.15) is 0 Å². The summed E-state index contributed by atoms with van der Waals surface area (Å²) in [5.41, 5.74) is -0.225. The van der Waals surface area contributed by atoms with E-state index in [-0.39, 0.29) is 16.8 Å². The Morgan fingerprint density at radius 2 is 1.69 bits per heavy atom. The van der Waals surface area contributed by atoms with E-state index in [0.717, 1.165) is 12.8 Å². The lowest BCUT2D eigenvalue weighted by molar-refractivity contribution is -0.160. The lowest BCUT2D eigenvalue weighted by atomic mass is 9.69.